The van der Waals surface area contributed by atoms with E-state index in [0.717, 1.165) is 56.1 Å². The summed E-state index contributed by atoms with van der Waals surface area (Å²) in [7, 11) is 0. The van der Waals surface area contributed by atoms with Crippen molar-refractivity contribution in [3.05, 3.63) is 48.3 Å². The van der Waals surface area contributed by atoms with Crippen LogP contribution in [-0.4, -0.2) is 58.2 Å². The third kappa shape index (κ3) is 3.85. The van der Waals surface area contributed by atoms with Gasteiger partial charge < -0.3 is 19.0 Å². The van der Waals surface area contributed by atoms with Crippen LogP contribution in [0.2, 0.25) is 0 Å². The van der Waals surface area contributed by atoms with Crippen LogP contribution in [0.5, 0.6) is 0 Å². The van der Waals surface area contributed by atoms with Crippen molar-refractivity contribution in [2.75, 3.05) is 32.8 Å². The van der Waals surface area contributed by atoms with E-state index < -0.39 is 0 Å². The fraction of sp³-hybridized carbons (Fsp3) is 0.500. The zero-order valence-electron chi connectivity index (χ0n) is 17.0. The number of hydrogen-bond acceptors (Lipinski definition) is 6. The van der Waals surface area contributed by atoms with E-state index in [9.17, 15) is 4.79 Å². The maximum absolute atomic E-state index is 12.8. The van der Waals surface area contributed by atoms with Gasteiger partial charge in [-0.1, -0.05) is 0 Å². The Bertz CT molecular complexity index is 988. The lowest BCUT2D eigenvalue weighted by molar-refractivity contribution is 0.0704. The van der Waals surface area contributed by atoms with Gasteiger partial charge >= 0.3 is 0 Å². The molecule has 0 saturated carbocycles. The van der Waals surface area contributed by atoms with E-state index in [-0.39, 0.29) is 11.9 Å². The van der Waals surface area contributed by atoms with Crippen molar-refractivity contribution >= 4 is 17.1 Å². The van der Waals surface area contributed by atoms with Crippen LogP contribution in [0.1, 0.15) is 53.9 Å². The largest absolute Gasteiger partial charge is 0.468 e. The molecule has 0 aliphatic carbocycles. The fourth-order valence-corrected chi connectivity index (χ4v) is 4.51. The smallest absolute Gasteiger partial charge is 0.252 e. The minimum Gasteiger partial charge on any atom is -0.468 e. The number of nitrogens with one attached hydrogen (secondary N) is 1. The van der Waals surface area contributed by atoms with Gasteiger partial charge in [-0.25, -0.2) is 9.97 Å². The fourth-order valence-electron chi connectivity index (χ4n) is 4.51. The number of ether oxygens (including phenoxy) is 1. The van der Waals surface area contributed by atoms with E-state index in [1.165, 1.54) is 12.8 Å². The molecule has 1 N–H and O–H groups in total. The number of rotatable bonds is 6. The molecular weight excluding hydrogens is 382 g/mol. The van der Waals surface area contributed by atoms with Gasteiger partial charge in [-0.2, -0.15) is 0 Å². The Labute approximate surface area is 175 Å². The first-order chi connectivity index (χ1) is 14.8. The molecule has 8 nitrogen and oxygen atoms in total. The number of pyridine rings is 1. The number of carbonyl (C=O) groups excluding carboxylic acids is 1. The van der Waals surface area contributed by atoms with E-state index in [0.29, 0.717) is 18.2 Å². The third-order valence-electron chi connectivity index (χ3n) is 6.17. The quantitative estimate of drug-likeness (QED) is 0.674. The van der Waals surface area contributed by atoms with Crippen molar-refractivity contribution in [2.24, 2.45) is 0 Å². The number of carbonyl (C=O) groups is 1. The van der Waals surface area contributed by atoms with Gasteiger partial charge in [0.15, 0.2) is 5.65 Å². The first kappa shape index (κ1) is 19.3. The van der Waals surface area contributed by atoms with Crippen molar-refractivity contribution in [2.45, 2.75) is 37.8 Å². The van der Waals surface area contributed by atoms with E-state index in [2.05, 4.69) is 24.8 Å². The van der Waals surface area contributed by atoms with Gasteiger partial charge in [-0.05, 0) is 57.0 Å². The first-order valence-corrected chi connectivity index (χ1v) is 10.8. The molecule has 0 bridgehead atoms. The van der Waals surface area contributed by atoms with E-state index in [1.54, 1.807) is 12.5 Å². The Morgan fingerprint density at radius 2 is 2.07 bits per heavy atom. The summed E-state index contributed by atoms with van der Waals surface area (Å²) < 4.78 is 13.2. The minimum atomic E-state index is -0.138. The van der Waals surface area contributed by atoms with Crippen LogP contribution in [0.3, 0.4) is 0 Å². The Kier molecular flexibility index (Phi) is 5.50. The normalized spacial score (nSPS) is 19.3. The molecule has 30 heavy (non-hydrogen) atoms. The Balaban J connectivity index is 1.29. The monoisotopic (exact) mass is 409 g/mol. The van der Waals surface area contributed by atoms with Crippen molar-refractivity contribution in [1.82, 2.24) is 24.8 Å². The number of amides is 1. The number of likely N-dealkylation sites (tertiary alicyclic amines) is 1. The molecule has 8 heteroatoms. The van der Waals surface area contributed by atoms with Crippen LogP contribution in [-0.2, 0) is 4.74 Å². The number of fused-ring (bicyclic) bond motifs is 1. The highest BCUT2D eigenvalue weighted by Crippen LogP contribution is 2.26. The summed E-state index contributed by atoms with van der Waals surface area (Å²) in [5.74, 6) is 0.752. The lowest BCUT2D eigenvalue weighted by Crippen LogP contribution is -2.36. The SMILES string of the molecule is O=C(NCC(c1ccco1)N1CCCC1)c1cnc2c(c1)ncn2C1CCOCC1. The molecule has 2 aliphatic heterocycles. The van der Waals surface area contributed by atoms with Gasteiger partial charge in [0.2, 0.25) is 0 Å². The number of imidazole rings is 1. The highest BCUT2D eigenvalue weighted by atomic mass is 16.5. The maximum Gasteiger partial charge on any atom is 0.252 e. The second-order valence-electron chi connectivity index (χ2n) is 8.05. The molecule has 0 spiro atoms. The summed E-state index contributed by atoms with van der Waals surface area (Å²) in [6, 6.07) is 6.10. The average molecular weight is 409 g/mol. The second-order valence-corrected chi connectivity index (χ2v) is 8.05. The molecule has 5 rings (SSSR count). The van der Waals surface area contributed by atoms with Gasteiger partial charge in [0, 0.05) is 32.0 Å². The van der Waals surface area contributed by atoms with Crippen molar-refractivity contribution in [1.29, 1.82) is 0 Å². The minimum absolute atomic E-state index is 0.0517. The molecule has 1 amide bonds. The summed E-state index contributed by atoms with van der Waals surface area (Å²) in [5, 5.41) is 3.07. The number of nitrogens with zero attached hydrogens (tertiary/aromatic N) is 4. The van der Waals surface area contributed by atoms with Crippen LogP contribution in [0.25, 0.3) is 11.2 Å². The van der Waals surface area contributed by atoms with Gasteiger partial charge in [-0.15, -0.1) is 0 Å². The topological polar surface area (TPSA) is 85.4 Å². The summed E-state index contributed by atoms with van der Waals surface area (Å²) in [5.41, 5.74) is 2.10. The second kappa shape index (κ2) is 8.57. The number of hydrogen-bond donors (Lipinski definition) is 1. The molecule has 3 aromatic heterocycles. The van der Waals surface area contributed by atoms with Crippen molar-refractivity contribution < 1.29 is 13.9 Å². The van der Waals surface area contributed by atoms with E-state index in [4.69, 9.17) is 9.15 Å². The molecule has 1 unspecified atom stereocenters. The number of aromatic nitrogens is 3. The van der Waals surface area contributed by atoms with Crippen molar-refractivity contribution in [3.8, 4) is 0 Å². The number of furan rings is 1. The summed E-state index contributed by atoms with van der Waals surface area (Å²) in [4.78, 5) is 24.3. The van der Waals surface area contributed by atoms with Gasteiger partial charge in [-0.3, -0.25) is 9.69 Å². The molecule has 2 saturated heterocycles. The van der Waals surface area contributed by atoms with Crippen LogP contribution >= 0.6 is 0 Å². The van der Waals surface area contributed by atoms with E-state index >= 15 is 0 Å². The summed E-state index contributed by atoms with van der Waals surface area (Å²) >= 11 is 0. The van der Waals surface area contributed by atoms with Crippen LogP contribution in [0.4, 0.5) is 0 Å². The molecule has 2 fully saturated rings. The average Bonchev–Trinajstić information content (AvgIpc) is 3.56. The zero-order chi connectivity index (χ0) is 20.3. The highest BCUT2D eigenvalue weighted by molar-refractivity contribution is 5.96. The predicted molar refractivity (Wildman–Crippen MR) is 111 cm³/mol. The van der Waals surface area contributed by atoms with Gasteiger partial charge in [0.1, 0.15) is 11.3 Å². The molecule has 0 radical (unpaired) electrons. The molecular formula is C22H27N5O3. The van der Waals surface area contributed by atoms with Gasteiger partial charge in [0.05, 0.1) is 24.2 Å². The molecule has 158 valence electrons. The van der Waals surface area contributed by atoms with Gasteiger partial charge in [0.25, 0.3) is 5.91 Å². The maximum atomic E-state index is 12.8. The zero-order valence-corrected chi connectivity index (χ0v) is 17.0. The standard InChI is InChI=1S/C22H27N5O3/c28-22(24-14-19(20-4-3-9-30-20)26-7-1-2-8-26)16-12-18-21(23-13-16)27(15-25-18)17-5-10-29-11-6-17/h3-4,9,12-13,15,17,19H,1-2,5-8,10-11,14H2,(H,24,28). The lowest BCUT2D eigenvalue weighted by Gasteiger charge is -2.26. The molecule has 5 heterocycles. The Morgan fingerprint density at radius 1 is 1.23 bits per heavy atom. The first-order valence-electron chi connectivity index (χ1n) is 10.8. The molecule has 2 aliphatic rings. The van der Waals surface area contributed by atoms with Crippen LogP contribution < -0.4 is 5.32 Å². The lowest BCUT2D eigenvalue weighted by atomic mass is 10.1. The molecule has 3 aromatic rings. The highest BCUT2D eigenvalue weighted by Gasteiger charge is 2.26. The summed E-state index contributed by atoms with van der Waals surface area (Å²) in [6.07, 6.45) is 9.44. The van der Waals surface area contributed by atoms with Crippen LogP contribution in [0.15, 0.2) is 41.4 Å². The molecule has 1 atom stereocenters. The predicted octanol–water partition coefficient (Wildman–Crippen LogP) is 2.94. The Hall–Kier alpha value is -2.71. The third-order valence-corrected chi connectivity index (χ3v) is 6.17. The van der Waals surface area contributed by atoms with E-state index in [1.807, 2.05) is 24.5 Å². The Morgan fingerprint density at radius 3 is 2.83 bits per heavy atom. The molecule has 0 aromatic carbocycles. The van der Waals surface area contributed by atoms with Crippen LogP contribution in [0, 0.1) is 0 Å². The summed E-state index contributed by atoms with van der Waals surface area (Å²) in [6.45, 7) is 4.08. The van der Waals surface area contributed by atoms with Crippen molar-refractivity contribution in [3.63, 3.8) is 0 Å².